The zero-order valence-electron chi connectivity index (χ0n) is 45.9. The van der Waals surface area contributed by atoms with Crippen LogP contribution in [0.1, 0.15) is 62.1 Å². The number of fused-ring (bicyclic) bond motifs is 12. The van der Waals surface area contributed by atoms with E-state index in [9.17, 15) is 49.2 Å². The van der Waals surface area contributed by atoms with Gasteiger partial charge in [0, 0.05) is 115 Å². The Labute approximate surface area is 537 Å². The number of carboxylic acids is 6. The van der Waals surface area contributed by atoms with E-state index in [0.29, 0.717) is 0 Å². The first-order valence-electron chi connectivity index (χ1n) is 25.6. The number of benzene rings is 6. The maximum atomic E-state index is 10.6. The van der Waals surface area contributed by atoms with Crippen molar-refractivity contribution in [1.82, 2.24) is 39.9 Å². The molecular formula is C66H40Cd2N8O12. The van der Waals surface area contributed by atoms with E-state index in [4.69, 9.17) is 10.2 Å². The van der Waals surface area contributed by atoms with Crippen LogP contribution in [0.3, 0.4) is 0 Å². The molecule has 420 valence electrons. The molecule has 22 heteroatoms. The Balaban J connectivity index is 0.000000150. The average molecular weight is 1360 g/mol. The number of nitrogens with zero attached hydrogens (tertiary/aromatic N) is 8. The van der Waals surface area contributed by atoms with Crippen LogP contribution in [0.2, 0.25) is 0 Å². The monoisotopic (exact) mass is 1360 g/mol. The second-order valence-corrected chi connectivity index (χ2v) is 18.1. The first kappa shape index (κ1) is 64.8. The molecule has 8 aromatic heterocycles. The Hall–Kier alpha value is -10.7. The third-order valence-corrected chi connectivity index (χ3v) is 12.8. The minimum Gasteiger partial charge on any atom is -0.545 e. The number of hydrogen-bond donors (Lipinski definition) is 2. The van der Waals surface area contributed by atoms with Crippen LogP contribution in [0.5, 0.6) is 0 Å². The Kier molecular flexibility index (Phi) is 22.4. The van der Waals surface area contributed by atoms with E-state index in [1.807, 2.05) is 48.5 Å². The average Bonchev–Trinajstić information content (AvgIpc) is 2.00. The molecule has 20 nitrogen and oxygen atoms in total. The smallest absolute Gasteiger partial charge is 0.545 e. The first-order chi connectivity index (χ1) is 41.7. The van der Waals surface area contributed by atoms with Crippen molar-refractivity contribution in [2.24, 2.45) is 0 Å². The third-order valence-electron chi connectivity index (χ3n) is 12.8. The van der Waals surface area contributed by atoms with Crippen LogP contribution >= 0.6 is 0 Å². The summed E-state index contributed by atoms with van der Waals surface area (Å²) in [5.41, 5.74) is 3.34. The number of aromatic carboxylic acids is 6. The molecule has 0 aliphatic carbocycles. The molecule has 0 saturated carbocycles. The number of rotatable bonds is 6. The first-order valence-corrected chi connectivity index (χ1v) is 25.6. The van der Waals surface area contributed by atoms with Crippen molar-refractivity contribution in [1.29, 1.82) is 0 Å². The van der Waals surface area contributed by atoms with Gasteiger partial charge in [-0.25, -0.2) is 9.59 Å². The van der Waals surface area contributed by atoms with Crippen molar-refractivity contribution in [3.8, 4) is 0 Å². The molecule has 0 aliphatic heterocycles. The van der Waals surface area contributed by atoms with Gasteiger partial charge in [0.25, 0.3) is 0 Å². The number of pyridine rings is 8. The summed E-state index contributed by atoms with van der Waals surface area (Å²) >= 11 is 0. The number of hydrogen-bond acceptors (Lipinski definition) is 18. The van der Waals surface area contributed by atoms with Gasteiger partial charge in [0.2, 0.25) is 0 Å². The molecule has 8 heterocycles. The number of carbonyl (C=O) groups excluding carboxylic acids is 4. The molecule has 14 aromatic rings. The Morgan fingerprint density at radius 1 is 0.239 bits per heavy atom. The van der Waals surface area contributed by atoms with E-state index >= 15 is 0 Å². The second kappa shape index (κ2) is 30.4. The molecule has 88 heavy (non-hydrogen) atoms. The van der Waals surface area contributed by atoms with Gasteiger partial charge in [-0.1, -0.05) is 121 Å². The SMILES string of the molecule is O=C([O-])c1cccc(C(=O)O)c1C(=O)[O-].O=C([O-])c1cccc(C(=O)O)c1C(=O)[O-].[Cd+2].[Cd+2].c1cnc2c(c1)ccc1cccnc12.c1cnc2c(c1)ccc1cccnc12.c1cnc2c(c1)ccc1cccnc12.c1cnc2c(c1)ccc1cccnc12. The molecular weight excluding hydrogens is 1320 g/mol. The fraction of sp³-hybridized carbons (Fsp3) is 0. The minimum absolute atomic E-state index is 0. The van der Waals surface area contributed by atoms with Crippen molar-refractivity contribution < 1.29 is 114 Å². The van der Waals surface area contributed by atoms with Gasteiger partial charge in [-0.15, -0.1) is 0 Å². The van der Waals surface area contributed by atoms with E-state index in [2.05, 4.69) is 137 Å². The van der Waals surface area contributed by atoms with Gasteiger partial charge < -0.3 is 49.8 Å². The van der Waals surface area contributed by atoms with E-state index in [0.717, 1.165) is 124 Å². The summed E-state index contributed by atoms with van der Waals surface area (Å²) in [6, 6.07) is 54.6. The zero-order valence-corrected chi connectivity index (χ0v) is 54.0. The summed E-state index contributed by atoms with van der Waals surface area (Å²) < 4.78 is 0. The molecule has 0 radical (unpaired) electrons. The summed E-state index contributed by atoms with van der Waals surface area (Å²) in [5, 5.41) is 68.5. The molecule has 2 N–H and O–H groups in total. The van der Waals surface area contributed by atoms with E-state index in [1.165, 1.54) is 0 Å². The van der Waals surface area contributed by atoms with E-state index in [1.54, 1.807) is 49.6 Å². The van der Waals surface area contributed by atoms with Gasteiger partial charge >= 0.3 is 66.5 Å². The van der Waals surface area contributed by atoms with E-state index < -0.39 is 69.2 Å². The molecule has 14 rings (SSSR count). The molecule has 0 spiro atoms. The van der Waals surface area contributed by atoms with Gasteiger partial charge in [-0.3, -0.25) is 39.9 Å². The standard InChI is InChI=1S/4C12H8N2.2C9H6O6.2Cd/c4*1-3-9-5-6-10-4-2-8-14-12(10)11(9)13-7-1;2*10-7(11)4-2-1-3-5(8(12)13)6(4)9(14)15;;/h4*1-8H;2*1-3H,(H,10,11)(H,12,13)(H,14,15);;/q;;;;;;2*+2/p-4. The van der Waals surface area contributed by atoms with Gasteiger partial charge in [0.15, 0.2) is 0 Å². The van der Waals surface area contributed by atoms with Crippen molar-refractivity contribution in [2.45, 2.75) is 0 Å². The predicted molar refractivity (Wildman–Crippen MR) is 312 cm³/mol. The van der Waals surface area contributed by atoms with Gasteiger partial charge in [0.05, 0.1) is 79.1 Å². The normalized spacial score (nSPS) is 10.2. The van der Waals surface area contributed by atoms with E-state index in [-0.39, 0.29) is 54.6 Å². The van der Waals surface area contributed by atoms with Crippen LogP contribution in [0.25, 0.3) is 87.2 Å². The molecule has 0 atom stereocenters. The van der Waals surface area contributed by atoms with Crippen LogP contribution in [0.15, 0.2) is 232 Å². The van der Waals surface area contributed by atoms with Gasteiger partial charge in [0.1, 0.15) is 0 Å². The summed E-state index contributed by atoms with van der Waals surface area (Å²) in [6.45, 7) is 0. The van der Waals surface area contributed by atoms with Crippen molar-refractivity contribution in [3.63, 3.8) is 0 Å². The number of carbonyl (C=O) groups is 6. The Bertz CT molecular complexity index is 4110. The van der Waals surface area contributed by atoms with Crippen molar-refractivity contribution in [2.75, 3.05) is 0 Å². The topological polar surface area (TPSA) is 338 Å². The quantitative estimate of drug-likeness (QED) is 0.121. The maximum Gasteiger partial charge on any atom is 2.00 e. The number of aromatic nitrogens is 8. The summed E-state index contributed by atoms with van der Waals surface area (Å²) in [5.74, 6) is -10.4. The Morgan fingerprint density at radius 2 is 0.409 bits per heavy atom. The molecule has 0 aliphatic rings. The fourth-order valence-corrected chi connectivity index (χ4v) is 8.96. The maximum absolute atomic E-state index is 10.6. The summed E-state index contributed by atoms with van der Waals surface area (Å²) in [6.07, 6.45) is 14.4. The fourth-order valence-electron chi connectivity index (χ4n) is 8.96. The van der Waals surface area contributed by atoms with Crippen LogP contribution in [-0.4, -0.2) is 85.9 Å². The van der Waals surface area contributed by atoms with Gasteiger partial charge in [-0.05, 0) is 60.7 Å². The molecule has 0 fully saturated rings. The molecule has 0 amide bonds. The Morgan fingerprint density at radius 3 is 0.557 bits per heavy atom. The molecule has 0 unspecified atom stereocenters. The molecule has 6 aromatic carbocycles. The van der Waals surface area contributed by atoms with Gasteiger partial charge in [-0.2, -0.15) is 0 Å². The van der Waals surface area contributed by atoms with Crippen LogP contribution in [0, 0.1) is 0 Å². The molecule has 0 bridgehead atoms. The molecule has 0 saturated heterocycles. The van der Waals surface area contributed by atoms with Crippen LogP contribution in [-0.2, 0) is 54.6 Å². The number of carboxylic acid groups (broad SMARTS) is 6. The van der Waals surface area contributed by atoms with Crippen LogP contribution in [0.4, 0.5) is 0 Å². The summed E-state index contributed by atoms with van der Waals surface area (Å²) in [4.78, 5) is 98.2. The third kappa shape index (κ3) is 15.2. The predicted octanol–water partition coefficient (Wildman–Crippen LogP) is 7.35. The second-order valence-electron chi connectivity index (χ2n) is 18.1. The summed E-state index contributed by atoms with van der Waals surface area (Å²) in [7, 11) is 0. The van der Waals surface area contributed by atoms with Crippen molar-refractivity contribution in [3.05, 3.63) is 265 Å². The van der Waals surface area contributed by atoms with Crippen LogP contribution < -0.4 is 20.4 Å². The minimum atomic E-state index is -1.87. The van der Waals surface area contributed by atoms with Crippen molar-refractivity contribution >= 4 is 123 Å². The zero-order chi connectivity index (χ0) is 60.7. The largest absolute Gasteiger partial charge is 2.00 e.